The van der Waals surface area contributed by atoms with Gasteiger partial charge in [0.2, 0.25) is 0 Å². The fourth-order valence-corrected chi connectivity index (χ4v) is 2.73. The van der Waals surface area contributed by atoms with Gasteiger partial charge in [-0.2, -0.15) is 0 Å². The highest BCUT2D eigenvalue weighted by Crippen LogP contribution is 2.26. The van der Waals surface area contributed by atoms with Gasteiger partial charge in [0, 0.05) is 20.8 Å². The lowest BCUT2D eigenvalue weighted by Crippen LogP contribution is -1.97. The molecule has 0 amide bonds. The zero-order valence-electron chi connectivity index (χ0n) is 8.20. The molecule has 3 nitrogen and oxygen atoms in total. The molecule has 5 heteroatoms. The minimum atomic E-state index is 0.810. The van der Waals surface area contributed by atoms with Crippen molar-refractivity contribution in [2.24, 2.45) is 0 Å². The van der Waals surface area contributed by atoms with E-state index < -0.39 is 0 Å². The summed E-state index contributed by atoms with van der Waals surface area (Å²) in [5.74, 6) is 0. The van der Waals surface area contributed by atoms with Crippen LogP contribution in [0.25, 0.3) is 0 Å². The van der Waals surface area contributed by atoms with Crippen molar-refractivity contribution in [3.8, 4) is 0 Å². The van der Waals surface area contributed by atoms with Crippen LogP contribution in [0.5, 0.6) is 0 Å². The molecule has 0 bridgehead atoms. The number of nitrogens with zero attached hydrogens (tertiary/aromatic N) is 2. The molecular weight excluding hydrogens is 274 g/mol. The van der Waals surface area contributed by atoms with E-state index in [1.165, 1.54) is 20.6 Å². The lowest BCUT2D eigenvalue weighted by atomic mass is 10.4. The van der Waals surface area contributed by atoms with Crippen LogP contribution in [0.3, 0.4) is 0 Å². The standard InChI is InChI=1S/C10H10BrN3S/c1-7-10(11)2-9(15-7)5-14-8-3-12-6-13-4-8/h2-4,6,14H,5H2,1H3. The Balaban J connectivity index is 1.99. The van der Waals surface area contributed by atoms with Crippen LogP contribution >= 0.6 is 27.3 Å². The molecule has 2 aromatic heterocycles. The predicted molar refractivity (Wildman–Crippen MR) is 66.1 cm³/mol. The van der Waals surface area contributed by atoms with Crippen LogP contribution in [0.2, 0.25) is 0 Å². The SMILES string of the molecule is Cc1sc(CNc2cncnc2)cc1Br. The normalized spacial score (nSPS) is 10.3. The topological polar surface area (TPSA) is 37.8 Å². The summed E-state index contributed by atoms with van der Waals surface area (Å²) in [5.41, 5.74) is 0.944. The Bertz CT molecular complexity index is 422. The largest absolute Gasteiger partial charge is 0.378 e. The zero-order chi connectivity index (χ0) is 10.7. The van der Waals surface area contributed by atoms with E-state index in [9.17, 15) is 0 Å². The Morgan fingerprint density at radius 1 is 1.40 bits per heavy atom. The fraction of sp³-hybridized carbons (Fsp3) is 0.200. The molecule has 2 aromatic rings. The summed E-state index contributed by atoms with van der Waals surface area (Å²) >= 11 is 5.28. The summed E-state index contributed by atoms with van der Waals surface area (Å²) in [6.45, 7) is 2.91. The molecule has 0 spiro atoms. The molecule has 1 N–H and O–H groups in total. The minimum absolute atomic E-state index is 0.810. The van der Waals surface area contributed by atoms with E-state index in [0.29, 0.717) is 0 Å². The molecule has 0 aliphatic carbocycles. The summed E-state index contributed by atoms with van der Waals surface area (Å²) in [6, 6.07) is 2.14. The van der Waals surface area contributed by atoms with Crippen molar-refractivity contribution in [1.29, 1.82) is 0 Å². The number of hydrogen-bond acceptors (Lipinski definition) is 4. The number of nitrogens with one attached hydrogen (secondary N) is 1. The van der Waals surface area contributed by atoms with Gasteiger partial charge in [-0.3, -0.25) is 0 Å². The highest BCUT2D eigenvalue weighted by atomic mass is 79.9. The van der Waals surface area contributed by atoms with Crippen molar-refractivity contribution in [2.75, 3.05) is 5.32 Å². The highest BCUT2D eigenvalue weighted by molar-refractivity contribution is 9.10. The van der Waals surface area contributed by atoms with Gasteiger partial charge in [-0.05, 0) is 28.9 Å². The molecule has 2 rings (SSSR count). The molecule has 15 heavy (non-hydrogen) atoms. The van der Waals surface area contributed by atoms with Crippen molar-refractivity contribution >= 4 is 33.0 Å². The van der Waals surface area contributed by atoms with Crippen molar-refractivity contribution in [3.63, 3.8) is 0 Å². The smallest absolute Gasteiger partial charge is 0.115 e. The van der Waals surface area contributed by atoms with E-state index >= 15 is 0 Å². The van der Waals surface area contributed by atoms with E-state index in [2.05, 4.69) is 44.2 Å². The number of anilines is 1. The van der Waals surface area contributed by atoms with Gasteiger partial charge < -0.3 is 5.32 Å². The maximum atomic E-state index is 3.94. The average Bonchev–Trinajstić information content (AvgIpc) is 2.57. The van der Waals surface area contributed by atoms with Gasteiger partial charge in [-0.25, -0.2) is 9.97 Å². The van der Waals surface area contributed by atoms with Gasteiger partial charge in [-0.15, -0.1) is 11.3 Å². The Kier molecular flexibility index (Phi) is 3.33. The lowest BCUT2D eigenvalue weighted by Gasteiger charge is -2.01. The van der Waals surface area contributed by atoms with Crippen LogP contribution in [0.15, 0.2) is 29.3 Å². The van der Waals surface area contributed by atoms with Gasteiger partial charge in [0.15, 0.2) is 0 Å². The van der Waals surface area contributed by atoms with E-state index in [4.69, 9.17) is 0 Å². The Hall–Kier alpha value is -0.940. The molecule has 0 aliphatic heterocycles. The summed E-state index contributed by atoms with van der Waals surface area (Å²) < 4.78 is 1.17. The molecule has 0 aliphatic rings. The summed E-state index contributed by atoms with van der Waals surface area (Å²) in [4.78, 5) is 10.5. The molecule has 0 saturated heterocycles. The van der Waals surface area contributed by atoms with Crippen LogP contribution < -0.4 is 5.32 Å². The summed E-state index contributed by atoms with van der Waals surface area (Å²) in [6.07, 6.45) is 5.06. The van der Waals surface area contributed by atoms with Gasteiger partial charge in [-0.1, -0.05) is 0 Å². The van der Waals surface area contributed by atoms with Crippen LogP contribution in [0.1, 0.15) is 9.75 Å². The van der Waals surface area contributed by atoms with Crippen molar-refractivity contribution < 1.29 is 0 Å². The first-order valence-corrected chi connectivity index (χ1v) is 6.10. The molecule has 0 saturated carbocycles. The number of thiophene rings is 1. The van der Waals surface area contributed by atoms with Crippen LogP contribution in [-0.4, -0.2) is 9.97 Å². The van der Waals surface area contributed by atoms with Crippen LogP contribution in [0, 0.1) is 6.92 Å². The zero-order valence-corrected chi connectivity index (χ0v) is 10.6. The number of rotatable bonds is 3. The van der Waals surface area contributed by atoms with E-state index in [1.54, 1.807) is 23.7 Å². The number of aryl methyl sites for hydroxylation is 1. The number of halogens is 1. The molecule has 0 atom stereocenters. The van der Waals surface area contributed by atoms with Gasteiger partial charge in [0.05, 0.1) is 18.1 Å². The number of aromatic nitrogens is 2. The third-order valence-corrected chi connectivity index (χ3v) is 4.07. The first-order valence-electron chi connectivity index (χ1n) is 4.49. The van der Waals surface area contributed by atoms with Crippen molar-refractivity contribution in [2.45, 2.75) is 13.5 Å². The lowest BCUT2D eigenvalue weighted by molar-refractivity contribution is 1.12. The van der Waals surface area contributed by atoms with E-state index in [0.717, 1.165) is 12.2 Å². The molecule has 0 radical (unpaired) electrons. The third kappa shape index (κ3) is 2.76. The van der Waals surface area contributed by atoms with Crippen molar-refractivity contribution in [3.05, 3.63) is 39.0 Å². The molecule has 0 fully saturated rings. The second kappa shape index (κ2) is 4.72. The summed E-state index contributed by atoms with van der Waals surface area (Å²) in [5, 5.41) is 3.27. The van der Waals surface area contributed by atoms with E-state index in [1.807, 2.05) is 0 Å². The predicted octanol–water partition coefficient (Wildman–Crippen LogP) is 3.22. The molecule has 0 unspecified atom stereocenters. The van der Waals surface area contributed by atoms with Gasteiger partial charge in [0.1, 0.15) is 6.33 Å². The Labute approximate surface area is 101 Å². The molecule has 0 aromatic carbocycles. The molecule has 78 valence electrons. The third-order valence-electron chi connectivity index (χ3n) is 1.94. The summed E-state index contributed by atoms with van der Waals surface area (Å²) in [7, 11) is 0. The van der Waals surface area contributed by atoms with E-state index in [-0.39, 0.29) is 0 Å². The highest BCUT2D eigenvalue weighted by Gasteiger charge is 2.02. The van der Waals surface area contributed by atoms with Crippen molar-refractivity contribution in [1.82, 2.24) is 9.97 Å². The monoisotopic (exact) mass is 283 g/mol. The maximum Gasteiger partial charge on any atom is 0.115 e. The van der Waals surface area contributed by atoms with Gasteiger partial charge >= 0.3 is 0 Å². The maximum absolute atomic E-state index is 3.94. The quantitative estimate of drug-likeness (QED) is 0.940. The first kappa shape index (κ1) is 10.6. The molecular formula is C10H10BrN3S. The van der Waals surface area contributed by atoms with Gasteiger partial charge in [0.25, 0.3) is 0 Å². The second-order valence-electron chi connectivity index (χ2n) is 3.10. The fourth-order valence-electron chi connectivity index (χ4n) is 1.18. The first-order chi connectivity index (χ1) is 7.25. The second-order valence-corrected chi connectivity index (χ2v) is 5.29. The average molecular weight is 284 g/mol. The van der Waals surface area contributed by atoms with Crippen LogP contribution in [-0.2, 0) is 6.54 Å². The number of hydrogen-bond donors (Lipinski definition) is 1. The Morgan fingerprint density at radius 3 is 2.73 bits per heavy atom. The minimum Gasteiger partial charge on any atom is -0.378 e. The van der Waals surface area contributed by atoms with Crippen LogP contribution in [0.4, 0.5) is 5.69 Å². The molecule has 2 heterocycles. The Morgan fingerprint density at radius 2 is 2.13 bits per heavy atom.